The maximum Gasteiger partial charge on any atom is 0.188 e. The summed E-state index contributed by atoms with van der Waals surface area (Å²) in [6.45, 7) is 14.0. The van der Waals surface area contributed by atoms with Crippen molar-refractivity contribution in [2.45, 2.75) is 59.3 Å². The van der Waals surface area contributed by atoms with Crippen LogP contribution in [0.5, 0.6) is 11.5 Å². The van der Waals surface area contributed by atoms with Crippen LogP contribution in [0.4, 0.5) is 0 Å². The summed E-state index contributed by atoms with van der Waals surface area (Å²) >= 11 is 0. The molecule has 10 nitrogen and oxygen atoms in total. The summed E-state index contributed by atoms with van der Waals surface area (Å²) in [5.41, 5.74) is 1.97. The molecule has 3 aromatic carbocycles. The van der Waals surface area contributed by atoms with Gasteiger partial charge in [0.2, 0.25) is 0 Å². The lowest BCUT2D eigenvalue weighted by Crippen LogP contribution is -2.35. The summed E-state index contributed by atoms with van der Waals surface area (Å²) in [4.78, 5) is 0. The molecule has 0 aromatic heterocycles. The van der Waals surface area contributed by atoms with Crippen LogP contribution in [0, 0.1) is 10.8 Å². The van der Waals surface area contributed by atoms with Gasteiger partial charge in [-0.1, -0.05) is 71.0 Å². The van der Waals surface area contributed by atoms with Crippen molar-refractivity contribution in [2.24, 2.45) is 10.8 Å². The van der Waals surface area contributed by atoms with Crippen molar-refractivity contribution < 1.29 is 43.0 Å². The molecule has 0 spiro atoms. The van der Waals surface area contributed by atoms with Gasteiger partial charge in [-0.3, -0.25) is 0 Å². The number of aliphatic hydroxyl groups is 1. The van der Waals surface area contributed by atoms with Gasteiger partial charge in [0, 0.05) is 53.8 Å². The zero-order valence-electron chi connectivity index (χ0n) is 29.3. The highest BCUT2D eigenvalue weighted by molar-refractivity contribution is 5.58. The van der Waals surface area contributed by atoms with Gasteiger partial charge in [0.1, 0.15) is 17.1 Å². The Labute approximate surface area is 284 Å². The van der Waals surface area contributed by atoms with Crippen molar-refractivity contribution in [3.05, 3.63) is 94.0 Å². The largest absolute Gasteiger partial charge is 0.467 e. The number of methoxy groups -OCH3 is 2. The van der Waals surface area contributed by atoms with Crippen LogP contribution < -0.4 is 14.8 Å². The minimum Gasteiger partial charge on any atom is -0.467 e. The van der Waals surface area contributed by atoms with Gasteiger partial charge < -0.3 is 48.3 Å². The molecule has 262 valence electrons. The van der Waals surface area contributed by atoms with E-state index in [0.29, 0.717) is 61.2 Å². The fraction of sp³-hybridized carbons (Fsp3) is 0.526. The van der Waals surface area contributed by atoms with Gasteiger partial charge in [-0.2, -0.15) is 0 Å². The van der Waals surface area contributed by atoms with E-state index < -0.39 is 18.2 Å². The number of ether oxygens (including phenoxy) is 8. The van der Waals surface area contributed by atoms with E-state index in [1.165, 1.54) is 0 Å². The maximum absolute atomic E-state index is 13.5. The predicted octanol–water partition coefficient (Wildman–Crippen LogP) is 6.19. The molecule has 3 aromatic rings. The highest BCUT2D eigenvalue weighted by Crippen LogP contribution is 2.47. The van der Waals surface area contributed by atoms with E-state index in [0.717, 1.165) is 23.2 Å². The summed E-state index contributed by atoms with van der Waals surface area (Å²) in [7, 11) is 3.11. The molecule has 2 N–H and O–H groups in total. The van der Waals surface area contributed by atoms with Crippen molar-refractivity contribution in [3.8, 4) is 11.5 Å². The highest BCUT2D eigenvalue weighted by Gasteiger charge is 2.42. The van der Waals surface area contributed by atoms with Gasteiger partial charge in [0.15, 0.2) is 26.2 Å². The van der Waals surface area contributed by atoms with Crippen LogP contribution in [-0.4, -0.2) is 65.9 Å². The van der Waals surface area contributed by atoms with Crippen LogP contribution in [0.1, 0.15) is 80.6 Å². The SMILES string of the molecule is CCNCc1cccc(C(O)(c2cc(C3OCC(C)(C)CO3)ccc2OCOC)c2cc(C3OCC(C)(C)CO3)ccc2OCOC)c1. The average molecular weight is 666 g/mol. The Bertz CT molecular complexity index is 1400. The normalized spacial score (nSPS) is 18.5. The lowest BCUT2D eigenvalue weighted by atomic mass is 9.77. The van der Waals surface area contributed by atoms with Crippen molar-refractivity contribution in [1.29, 1.82) is 0 Å². The summed E-state index contributed by atoms with van der Waals surface area (Å²) in [6.07, 6.45) is -1.25. The second-order valence-electron chi connectivity index (χ2n) is 14.0. The summed E-state index contributed by atoms with van der Waals surface area (Å²) in [5, 5.41) is 16.9. The van der Waals surface area contributed by atoms with Crippen LogP contribution in [0.3, 0.4) is 0 Å². The van der Waals surface area contributed by atoms with E-state index in [4.69, 9.17) is 37.9 Å². The molecule has 2 fully saturated rings. The van der Waals surface area contributed by atoms with E-state index in [1.54, 1.807) is 14.2 Å². The maximum atomic E-state index is 13.5. The molecule has 2 saturated heterocycles. The molecule has 48 heavy (non-hydrogen) atoms. The van der Waals surface area contributed by atoms with Gasteiger partial charge >= 0.3 is 0 Å². The fourth-order valence-electron chi connectivity index (χ4n) is 5.85. The standard InChI is InChI=1S/C38H51NO9/c1-8-39-19-26-10-9-11-29(16-26)38(40,30-17-27(12-14-32(30)47-24-41-6)34-43-20-36(2,3)21-44-34)31-18-28(13-15-33(31)48-25-42-7)35-45-22-37(4,5)23-46-35/h9-18,34-35,39-40H,8,19-25H2,1-7H3. The molecule has 2 aliphatic rings. The summed E-state index contributed by atoms with van der Waals surface area (Å²) < 4.78 is 47.7. The molecular formula is C38H51NO9. The fourth-order valence-corrected chi connectivity index (χ4v) is 5.85. The second kappa shape index (κ2) is 15.7. The lowest BCUT2D eigenvalue weighted by molar-refractivity contribution is -0.226. The molecule has 0 aliphatic carbocycles. The average Bonchev–Trinajstić information content (AvgIpc) is 3.08. The minimum absolute atomic E-state index is 0.0277. The van der Waals surface area contributed by atoms with Crippen molar-refractivity contribution in [3.63, 3.8) is 0 Å². The van der Waals surface area contributed by atoms with Gasteiger partial charge in [0.25, 0.3) is 0 Å². The van der Waals surface area contributed by atoms with E-state index in [2.05, 4.69) is 39.9 Å². The molecule has 0 amide bonds. The van der Waals surface area contributed by atoms with Crippen LogP contribution in [-0.2, 0) is 40.6 Å². The molecule has 0 radical (unpaired) electrons. The third-order valence-electron chi connectivity index (χ3n) is 8.42. The molecule has 10 heteroatoms. The molecule has 0 unspecified atom stereocenters. The Hall–Kier alpha value is -3.06. The van der Waals surface area contributed by atoms with Gasteiger partial charge in [-0.05, 0) is 41.9 Å². The van der Waals surface area contributed by atoms with Crippen LogP contribution >= 0.6 is 0 Å². The van der Waals surface area contributed by atoms with Crippen molar-refractivity contribution >= 4 is 0 Å². The van der Waals surface area contributed by atoms with E-state index in [9.17, 15) is 5.11 Å². The Morgan fingerprint density at radius 3 is 1.65 bits per heavy atom. The third kappa shape index (κ3) is 8.38. The molecule has 0 saturated carbocycles. The first-order valence-corrected chi connectivity index (χ1v) is 16.5. The first-order chi connectivity index (χ1) is 23.0. The lowest BCUT2D eigenvalue weighted by Gasteiger charge is -2.37. The molecular weight excluding hydrogens is 614 g/mol. The van der Waals surface area contributed by atoms with Crippen molar-refractivity contribution in [2.75, 3.05) is 60.8 Å². The summed E-state index contributed by atoms with van der Waals surface area (Å²) in [5.74, 6) is 0.845. The quantitative estimate of drug-likeness (QED) is 0.153. The number of hydrogen-bond acceptors (Lipinski definition) is 10. The summed E-state index contributed by atoms with van der Waals surface area (Å²) in [6, 6.07) is 19.1. The molecule has 2 heterocycles. The second-order valence-corrected chi connectivity index (χ2v) is 14.0. The number of hydrogen-bond donors (Lipinski definition) is 2. The Morgan fingerprint density at radius 1 is 0.729 bits per heavy atom. The smallest absolute Gasteiger partial charge is 0.188 e. The minimum atomic E-state index is -1.82. The zero-order valence-corrected chi connectivity index (χ0v) is 29.3. The number of benzene rings is 3. The van der Waals surface area contributed by atoms with Crippen LogP contribution in [0.25, 0.3) is 0 Å². The van der Waals surface area contributed by atoms with E-state index in [1.807, 2.05) is 60.7 Å². The third-order valence-corrected chi connectivity index (χ3v) is 8.42. The van der Waals surface area contributed by atoms with Gasteiger partial charge in [0.05, 0.1) is 26.4 Å². The Balaban J connectivity index is 1.73. The van der Waals surface area contributed by atoms with Crippen molar-refractivity contribution in [1.82, 2.24) is 5.32 Å². The molecule has 5 rings (SSSR count). The highest BCUT2D eigenvalue weighted by atomic mass is 16.7. The monoisotopic (exact) mass is 665 g/mol. The topological polar surface area (TPSA) is 106 Å². The Morgan fingerprint density at radius 2 is 1.21 bits per heavy atom. The van der Waals surface area contributed by atoms with E-state index >= 15 is 0 Å². The molecule has 2 aliphatic heterocycles. The molecule has 0 atom stereocenters. The molecule has 0 bridgehead atoms. The number of rotatable bonds is 14. The van der Waals surface area contributed by atoms with Crippen LogP contribution in [0.15, 0.2) is 60.7 Å². The number of nitrogens with one attached hydrogen (secondary N) is 1. The van der Waals surface area contributed by atoms with E-state index in [-0.39, 0.29) is 24.4 Å². The zero-order chi connectivity index (χ0) is 34.4. The van der Waals surface area contributed by atoms with Crippen LogP contribution in [0.2, 0.25) is 0 Å². The van der Waals surface area contributed by atoms with Gasteiger partial charge in [-0.25, -0.2) is 0 Å². The Kier molecular flexibility index (Phi) is 11.8. The first-order valence-electron chi connectivity index (χ1n) is 16.5. The predicted molar refractivity (Wildman–Crippen MR) is 181 cm³/mol. The first kappa shape index (κ1) is 36.2. The van der Waals surface area contributed by atoms with Gasteiger partial charge in [-0.15, -0.1) is 0 Å².